The number of hydrogen-bond acceptors (Lipinski definition) is 3. The van der Waals surface area contributed by atoms with Gasteiger partial charge in [-0.15, -0.1) is 11.3 Å². The van der Waals surface area contributed by atoms with Crippen LogP contribution in [0.3, 0.4) is 0 Å². The Kier molecular flexibility index (Phi) is 4.94. The van der Waals surface area contributed by atoms with Crippen LogP contribution in [-0.4, -0.2) is 32.6 Å². The van der Waals surface area contributed by atoms with Crippen molar-refractivity contribution in [3.8, 4) is 0 Å². The lowest BCUT2D eigenvalue weighted by Crippen LogP contribution is -3.08. The number of likely N-dealkylation sites (N-methyl/N-ethyl adjacent to an activating group) is 1. The highest BCUT2D eigenvalue weighted by molar-refractivity contribution is 7.09. The summed E-state index contributed by atoms with van der Waals surface area (Å²) in [6, 6.07) is 3.55. The van der Waals surface area contributed by atoms with Crippen molar-refractivity contribution in [1.82, 2.24) is 10.6 Å². The lowest BCUT2D eigenvalue weighted by atomic mass is 10.4. The van der Waals surface area contributed by atoms with Gasteiger partial charge in [0.25, 0.3) is 5.91 Å². The molecule has 3 amide bonds. The van der Waals surface area contributed by atoms with E-state index in [4.69, 9.17) is 0 Å². The van der Waals surface area contributed by atoms with E-state index in [1.165, 1.54) is 11.9 Å². The summed E-state index contributed by atoms with van der Waals surface area (Å²) >= 11 is 1.66. The van der Waals surface area contributed by atoms with Crippen molar-refractivity contribution in [2.24, 2.45) is 0 Å². The van der Waals surface area contributed by atoms with Crippen LogP contribution in [0.2, 0.25) is 0 Å². The zero-order valence-electron chi connectivity index (χ0n) is 9.37. The van der Waals surface area contributed by atoms with Crippen LogP contribution in [0.4, 0.5) is 4.79 Å². The Hall–Kier alpha value is -1.40. The maximum atomic E-state index is 11.4. The second-order valence-corrected chi connectivity index (χ2v) is 4.55. The fourth-order valence-electron chi connectivity index (χ4n) is 1.28. The number of carbonyl (C=O) groups excluding carboxylic acids is 2. The second kappa shape index (κ2) is 6.24. The van der Waals surface area contributed by atoms with Crippen LogP contribution in [0.5, 0.6) is 0 Å². The number of thiophene rings is 1. The third-order valence-electron chi connectivity index (χ3n) is 2.00. The molecule has 1 aromatic heterocycles. The molecular weight excluding hydrogens is 226 g/mol. The molecule has 0 saturated heterocycles. The molecule has 1 heterocycles. The summed E-state index contributed by atoms with van der Waals surface area (Å²) in [5, 5.41) is 6.58. The van der Waals surface area contributed by atoms with Gasteiger partial charge in [0.2, 0.25) is 0 Å². The minimum Gasteiger partial charge on any atom is -0.341 e. The van der Waals surface area contributed by atoms with E-state index in [-0.39, 0.29) is 12.5 Å². The predicted molar refractivity (Wildman–Crippen MR) is 62.4 cm³/mol. The fourth-order valence-corrected chi connectivity index (χ4v) is 2.10. The molecule has 0 aliphatic rings. The van der Waals surface area contributed by atoms with Crippen molar-refractivity contribution in [2.45, 2.75) is 6.54 Å². The zero-order valence-corrected chi connectivity index (χ0v) is 10.2. The number of carbonyl (C=O) groups is 2. The number of imide groups is 1. The Labute approximate surface area is 98.4 Å². The van der Waals surface area contributed by atoms with E-state index in [2.05, 4.69) is 10.6 Å². The average molecular weight is 242 g/mol. The molecule has 0 spiro atoms. The molecule has 1 atom stereocenters. The molecule has 3 N–H and O–H groups in total. The molecule has 0 fully saturated rings. The molecule has 0 saturated carbocycles. The molecule has 5 nitrogen and oxygen atoms in total. The largest absolute Gasteiger partial charge is 0.341 e. The van der Waals surface area contributed by atoms with Crippen LogP contribution < -0.4 is 15.5 Å². The zero-order chi connectivity index (χ0) is 12.0. The Balaban J connectivity index is 2.31. The molecule has 0 aliphatic heterocycles. The van der Waals surface area contributed by atoms with Crippen LogP contribution in [0.25, 0.3) is 0 Å². The monoisotopic (exact) mass is 242 g/mol. The Morgan fingerprint density at radius 2 is 2.25 bits per heavy atom. The van der Waals surface area contributed by atoms with Crippen molar-refractivity contribution in [2.75, 3.05) is 20.6 Å². The van der Waals surface area contributed by atoms with Crippen molar-refractivity contribution < 1.29 is 14.5 Å². The molecule has 88 valence electrons. The third-order valence-corrected chi connectivity index (χ3v) is 2.87. The van der Waals surface area contributed by atoms with E-state index in [0.717, 1.165) is 11.4 Å². The summed E-state index contributed by atoms with van der Waals surface area (Å²) in [5.74, 6) is -0.270. The summed E-state index contributed by atoms with van der Waals surface area (Å²) in [6.45, 7) is 1.07. The summed E-state index contributed by atoms with van der Waals surface area (Å²) in [4.78, 5) is 24.5. The number of quaternary nitrogens is 1. The highest BCUT2D eigenvalue weighted by atomic mass is 32.1. The number of urea groups is 1. The van der Waals surface area contributed by atoms with Gasteiger partial charge in [0, 0.05) is 7.05 Å². The van der Waals surface area contributed by atoms with Gasteiger partial charge in [0.1, 0.15) is 6.54 Å². The molecule has 0 aromatic carbocycles. The van der Waals surface area contributed by atoms with Gasteiger partial charge in [-0.05, 0) is 11.4 Å². The molecular formula is C10H16N3O2S+. The first kappa shape index (κ1) is 12.7. The van der Waals surface area contributed by atoms with E-state index in [1.54, 1.807) is 11.3 Å². The second-order valence-electron chi connectivity index (χ2n) is 3.52. The summed E-state index contributed by atoms with van der Waals surface area (Å²) in [6.07, 6.45) is 0. The minimum atomic E-state index is -0.464. The summed E-state index contributed by atoms with van der Waals surface area (Å²) < 4.78 is 0. The van der Waals surface area contributed by atoms with E-state index in [1.807, 2.05) is 24.6 Å². The first-order valence-electron chi connectivity index (χ1n) is 4.97. The van der Waals surface area contributed by atoms with Crippen LogP contribution in [0.1, 0.15) is 4.88 Å². The van der Waals surface area contributed by atoms with Crippen LogP contribution in [-0.2, 0) is 11.3 Å². The molecule has 16 heavy (non-hydrogen) atoms. The first-order chi connectivity index (χ1) is 7.61. The molecule has 1 aromatic rings. The van der Waals surface area contributed by atoms with Gasteiger partial charge in [0.05, 0.1) is 11.9 Å². The fraction of sp³-hybridized carbons (Fsp3) is 0.400. The van der Waals surface area contributed by atoms with E-state index >= 15 is 0 Å². The van der Waals surface area contributed by atoms with Gasteiger partial charge in [0.15, 0.2) is 6.54 Å². The van der Waals surface area contributed by atoms with Crippen LogP contribution in [0.15, 0.2) is 17.5 Å². The van der Waals surface area contributed by atoms with Gasteiger partial charge in [-0.1, -0.05) is 6.07 Å². The van der Waals surface area contributed by atoms with Gasteiger partial charge < -0.3 is 10.2 Å². The van der Waals surface area contributed by atoms with E-state index in [9.17, 15) is 9.59 Å². The standard InChI is InChI=1S/C10H15N3O2S/c1-11-10(15)12-9(14)7-13(2)6-8-4-3-5-16-8/h3-5H,6-7H2,1-2H3,(H2,11,12,14,15)/p+1. The number of rotatable bonds is 4. The van der Waals surface area contributed by atoms with Crippen LogP contribution in [0, 0.1) is 0 Å². The van der Waals surface area contributed by atoms with E-state index < -0.39 is 6.03 Å². The summed E-state index contributed by atoms with van der Waals surface area (Å²) in [7, 11) is 3.40. The SMILES string of the molecule is CNC(=O)NC(=O)C[NH+](C)Cc1cccs1. The van der Waals surface area contributed by atoms with Crippen molar-refractivity contribution in [1.29, 1.82) is 0 Å². The van der Waals surface area contributed by atoms with Crippen molar-refractivity contribution >= 4 is 23.3 Å². The highest BCUT2D eigenvalue weighted by Crippen LogP contribution is 2.05. The smallest absolute Gasteiger partial charge is 0.321 e. The molecule has 0 radical (unpaired) electrons. The highest BCUT2D eigenvalue weighted by Gasteiger charge is 2.12. The van der Waals surface area contributed by atoms with Crippen LogP contribution >= 0.6 is 11.3 Å². The first-order valence-corrected chi connectivity index (χ1v) is 5.85. The molecule has 1 unspecified atom stereocenters. The number of amides is 3. The predicted octanol–water partition coefficient (Wildman–Crippen LogP) is -0.782. The van der Waals surface area contributed by atoms with E-state index in [0.29, 0.717) is 0 Å². The normalized spacial score (nSPS) is 11.9. The van der Waals surface area contributed by atoms with Crippen molar-refractivity contribution in [3.63, 3.8) is 0 Å². The molecule has 0 aliphatic carbocycles. The molecule has 1 rings (SSSR count). The Bertz CT molecular complexity index is 351. The topological polar surface area (TPSA) is 62.6 Å². The van der Waals surface area contributed by atoms with Crippen molar-refractivity contribution in [3.05, 3.63) is 22.4 Å². The maximum Gasteiger partial charge on any atom is 0.321 e. The summed E-state index contributed by atoms with van der Waals surface area (Å²) in [5.41, 5.74) is 0. The maximum absolute atomic E-state index is 11.4. The van der Waals surface area contributed by atoms with Gasteiger partial charge >= 0.3 is 6.03 Å². The Morgan fingerprint density at radius 1 is 1.50 bits per heavy atom. The quantitative estimate of drug-likeness (QED) is 0.648. The lowest BCUT2D eigenvalue weighted by molar-refractivity contribution is -0.885. The minimum absolute atomic E-state index is 0.270. The third kappa shape index (κ3) is 4.41. The van der Waals surface area contributed by atoms with Gasteiger partial charge in [-0.3, -0.25) is 10.1 Å². The van der Waals surface area contributed by atoms with Gasteiger partial charge in [-0.25, -0.2) is 4.79 Å². The number of hydrogen-bond donors (Lipinski definition) is 3. The molecule has 6 heteroatoms. The Morgan fingerprint density at radius 3 is 2.81 bits per heavy atom. The lowest BCUT2D eigenvalue weighted by Gasteiger charge is -2.12. The molecule has 0 bridgehead atoms. The number of nitrogens with one attached hydrogen (secondary N) is 3. The average Bonchev–Trinajstić information content (AvgIpc) is 2.69. The van der Waals surface area contributed by atoms with Gasteiger partial charge in [-0.2, -0.15) is 0 Å².